The van der Waals surface area contributed by atoms with Crippen LogP contribution >= 0.6 is 0 Å². The van der Waals surface area contributed by atoms with Gasteiger partial charge in [-0.05, 0) is 36.2 Å². The normalized spacial score (nSPS) is 30.8. The van der Waals surface area contributed by atoms with Crippen LogP contribution in [0.2, 0.25) is 0 Å². The molecule has 0 spiro atoms. The van der Waals surface area contributed by atoms with E-state index in [0.29, 0.717) is 11.1 Å². The van der Waals surface area contributed by atoms with E-state index in [2.05, 4.69) is 0 Å². The van der Waals surface area contributed by atoms with Crippen molar-refractivity contribution in [2.75, 3.05) is 13.7 Å². The third-order valence-corrected chi connectivity index (χ3v) is 7.57. The quantitative estimate of drug-likeness (QED) is 0.381. The van der Waals surface area contributed by atoms with E-state index < -0.39 is 48.6 Å². The highest BCUT2D eigenvalue weighted by Crippen LogP contribution is 2.43. The Balaban J connectivity index is 1.59. The minimum atomic E-state index is -1.95. The van der Waals surface area contributed by atoms with E-state index in [-0.39, 0.29) is 58.8 Å². The van der Waals surface area contributed by atoms with Gasteiger partial charge in [-0.25, -0.2) is 0 Å². The highest BCUT2D eigenvalue weighted by atomic mass is 16.7. The Labute approximate surface area is 212 Å². The lowest BCUT2D eigenvalue weighted by atomic mass is 9.73. The van der Waals surface area contributed by atoms with E-state index >= 15 is 0 Å². The fraction of sp³-hybridized carbons (Fsp3) is 0.444. The Morgan fingerprint density at radius 1 is 1.19 bits per heavy atom. The number of ether oxygens (including phenoxy) is 3. The Morgan fingerprint density at radius 2 is 1.92 bits per heavy atom. The van der Waals surface area contributed by atoms with Crippen molar-refractivity contribution in [1.29, 1.82) is 0 Å². The second kappa shape index (κ2) is 9.39. The summed E-state index contributed by atoms with van der Waals surface area (Å²) in [6.07, 6.45) is -3.47. The van der Waals surface area contributed by atoms with Gasteiger partial charge >= 0.3 is 0 Å². The van der Waals surface area contributed by atoms with Gasteiger partial charge in [0.15, 0.2) is 23.6 Å². The van der Waals surface area contributed by atoms with Gasteiger partial charge in [0.25, 0.3) is 0 Å². The lowest BCUT2D eigenvalue weighted by Gasteiger charge is -2.41. The molecule has 37 heavy (non-hydrogen) atoms. The fourth-order valence-electron chi connectivity index (χ4n) is 5.54. The molecule has 1 fully saturated rings. The van der Waals surface area contributed by atoms with Crippen molar-refractivity contribution in [3.8, 4) is 5.75 Å². The van der Waals surface area contributed by atoms with Crippen LogP contribution in [0.15, 0.2) is 30.3 Å². The van der Waals surface area contributed by atoms with Crippen LogP contribution in [-0.2, 0) is 20.7 Å². The van der Waals surface area contributed by atoms with E-state index in [1.165, 1.54) is 13.2 Å². The number of hydrogen-bond donors (Lipinski definition) is 4. The predicted octanol–water partition coefficient (Wildman–Crippen LogP) is 0.590. The number of carbonyl (C=O) groups is 3. The Bertz CT molecular complexity index is 1280. The van der Waals surface area contributed by atoms with Gasteiger partial charge in [0.05, 0.1) is 31.0 Å². The third kappa shape index (κ3) is 4.19. The molecule has 0 radical (unpaired) electrons. The van der Waals surface area contributed by atoms with Crippen molar-refractivity contribution in [1.82, 2.24) is 0 Å². The fourth-order valence-corrected chi connectivity index (χ4v) is 5.54. The molecular formula is C27H29NO9. The Morgan fingerprint density at radius 3 is 2.59 bits per heavy atom. The molecule has 2 unspecified atom stereocenters. The number of aliphatic hydroxyl groups is 3. The number of fused-ring (bicyclic) bond motifs is 3. The number of aliphatic hydroxyl groups excluding tert-OH is 2. The first-order valence-corrected chi connectivity index (χ1v) is 12.1. The highest BCUT2D eigenvalue weighted by Gasteiger charge is 2.46. The zero-order valence-electron chi connectivity index (χ0n) is 20.5. The summed E-state index contributed by atoms with van der Waals surface area (Å²) in [7, 11) is 1.42. The monoisotopic (exact) mass is 511 g/mol. The molecule has 10 heteroatoms. The summed E-state index contributed by atoms with van der Waals surface area (Å²) in [5.41, 5.74) is 5.74. The summed E-state index contributed by atoms with van der Waals surface area (Å²) in [5, 5.41) is 30.8. The average molecular weight is 512 g/mol. The molecule has 5 rings (SSSR count). The molecule has 2 aromatic rings. The molecule has 0 aromatic heterocycles. The Kier molecular flexibility index (Phi) is 6.51. The molecule has 0 saturated carbocycles. The average Bonchev–Trinajstić information content (AvgIpc) is 2.88. The van der Waals surface area contributed by atoms with Gasteiger partial charge in [0, 0.05) is 42.0 Å². The first-order valence-electron chi connectivity index (χ1n) is 12.1. The van der Waals surface area contributed by atoms with Gasteiger partial charge in [-0.15, -0.1) is 0 Å². The van der Waals surface area contributed by atoms with Crippen LogP contribution in [0.25, 0.3) is 0 Å². The number of nitrogens with two attached hydrogens (primary N) is 1. The predicted molar refractivity (Wildman–Crippen MR) is 128 cm³/mol. The number of ketones is 3. The van der Waals surface area contributed by atoms with Crippen LogP contribution in [-0.4, -0.2) is 76.5 Å². The maximum atomic E-state index is 13.5. The van der Waals surface area contributed by atoms with Crippen LogP contribution in [0, 0.1) is 0 Å². The summed E-state index contributed by atoms with van der Waals surface area (Å²) >= 11 is 0. The zero-order chi connectivity index (χ0) is 26.6. The zero-order valence-corrected chi connectivity index (χ0v) is 20.5. The third-order valence-electron chi connectivity index (χ3n) is 7.57. The molecule has 1 aliphatic heterocycles. The van der Waals surface area contributed by atoms with Crippen molar-refractivity contribution in [2.45, 2.75) is 62.4 Å². The molecule has 2 aromatic carbocycles. The van der Waals surface area contributed by atoms with Gasteiger partial charge in [0.1, 0.15) is 18.0 Å². The second-order valence-corrected chi connectivity index (χ2v) is 9.92. The lowest BCUT2D eigenvalue weighted by molar-refractivity contribution is -0.247. The number of benzene rings is 2. The minimum absolute atomic E-state index is 0.150. The molecule has 0 bridgehead atoms. The van der Waals surface area contributed by atoms with E-state index in [1.54, 1.807) is 31.2 Å². The van der Waals surface area contributed by atoms with Crippen LogP contribution in [0.5, 0.6) is 5.75 Å². The molecule has 6 atom stereocenters. The van der Waals surface area contributed by atoms with Crippen molar-refractivity contribution < 1.29 is 43.9 Å². The number of methoxy groups -OCH3 is 1. The molecule has 196 valence electrons. The lowest BCUT2D eigenvalue weighted by Crippen LogP contribution is -2.53. The van der Waals surface area contributed by atoms with Crippen molar-refractivity contribution in [3.05, 3.63) is 63.7 Å². The van der Waals surface area contributed by atoms with E-state index in [4.69, 9.17) is 19.9 Å². The van der Waals surface area contributed by atoms with Gasteiger partial charge in [-0.3, -0.25) is 14.4 Å². The summed E-state index contributed by atoms with van der Waals surface area (Å²) in [5.74, 6) is -1.27. The van der Waals surface area contributed by atoms with E-state index in [9.17, 15) is 29.7 Å². The summed E-state index contributed by atoms with van der Waals surface area (Å²) in [6, 6.07) is 7.26. The maximum Gasteiger partial charge on any atom is 0.198 e. The van der Waals surface area contributed by atoms with Gasteiger partial charge < -0.3 is 35.3 Å². The van der Waals surface area contributed by atoms with E-state index in [1.807, 2.05) is 0 Å². The van der Waals surface area contributed by atoms with Crippen molar-refractivity contribution in [2.24, 2.45) is 5.73 Å². The second-order valence-electron chi connectivity index (χ2n) is 9.92. The summed E-state index contributed by atoms with van der Waals surface area (Å²) in [4.78, 5) is 39.5. The van der Waals surface area contributed by atoms with Crippen LogP contribution in [0.1, 0.15) is 68.8 Å². The SMILES string of the molecule is COc1cccc2c1C(=O)c1cc3c(cc1C2=O)C[C@@](O)(C(=O)CO)C[C@@H]3O[C@H]1CC(N)[C@H](O)C(C)O1. The standard InChI is InChI=1S/C27H29NO9/c1-12-24(31)18(28)8-22(36-12)37-20-10-27(34,21(30)11-29)9-13-6-16-17(7-15(13)20)26(33)23-14(25(16)32)4-3-5-19(23)35-2/h3-7,12,18,20,22,24,29,31,34H,8-11,28H2,1-2H3/t12?,18?,20-,22-,24+,27-/m0/s1. The maximum absolute atomic E-state index is 13.5. The first-order chi connectivity index (χ1) is 17.6. The highest BCUT2D eigenvalue weighted by molar-refractivity contribution is 6.29. The molecule has 1 heterocycles. The van der Waals surface area contributed by atoms with Crippen LogP contribution < -0.4 is 10.5 Å². The van der Waals surface area contributed by atoms with E-state index in [0.717, 1.165) is 0 Å². The summed E-state index contributed by atoms with van der Waals surface area (Å²) in [6.45, 7) is 0.786. The Hall–Kier alpha value is -2.99. The minimum Gasteiger partial charge on any atom is -0.496 e. The molecule has 1 saturated heterocycles. The number of hydrogen-bond acceptors (Lipinski definition) is 10. The molecule has 10 nitrogen and oxygen atoms in total. The first kappa shape index (κ1) is 25.7. The van der Waals surface area contributed by atoms with Crippen LogP contribution in [0.3, 0.4) is 0 Å². The number of carbonyl (C=O) groups excluding carboxylic acids is 3. The molecule has 5 N–H and O–H groups in total. The number of rotatable bonds is 5. The topological polar surface area (TPSA) is 166 Å². The smallest absolute Gasteiger partial charge is 0.198 e. The van der Waals surface area contributed by atoms with Gasteiger partial charge in [-0.1, -0.05) is 12.1 Å². The van der Waals surface area contributed by atoms with Gasteiger partial charge in [-0.2, -0.15) is 0 Å². The summed E-state index contributed by atoms with van der Waals surface area (Å²) < 4.78 is 17.3. The number of Topliss-reactive ketones (excluding diaryl/α,β-unsaturated/α-hetero) is 1. The molecule has 3 aliphatic rings. The molecular weight excluding hydrogens is 482 g/mol. The van der Waals surface area contributed by atoms with Crippen LogP contribution in [0.4, 0.5) is 0 Å². The molecule has 0 amide bonds. The molecule has 2 aliphatic carbocycles. The van der Waals surface area contributed by atoms with Crippen molar-refractivity contribution >= 4 is 17.3 Å². The van der Waals surface area contributed by atoms with Crippen molar-refractivity contribution in [3.63, 3.8) is 0 Å². The largest absolute Gasteiger partial charge is 0.496 e. The van der Waals surface area contributed by atoms with Gasteiger partial charge in [0.2, 0.25) is 0 Å².